The number of carbonyl (C=O) groups excluding carboxylic acids is 4. The Kier molecular flexibility index (Phi) is 36.7. The van der Waals surface area contributed by atoms with Crippen LogP contribution in [-0.2, 0) is 38.1 Å². The Balaban J connectivity index is 2.55. The largest absolute Gasteiger partial charge is 0.465 e. The molecule has 1 fully saturated rings. The molecule has 0 aromatic rings. The van der Waals surface area contributed by atoms with Gasteiger partial charge in [0.25, 0.3) is 0 Å². The van der Waals surface area contributed by atoms with E-state index in [-0.39, 0.29) is 36.2 Å². The van der Waals surface area contributed by atoms with E-state index in [1.54, 1.807) is 0 Å². The van der Waals surface area contributed by atoms with Gasteiger partial charge in [0.1, 0.15) is 24.4 Å². The minimum Gasteiger partial charge on any atom is -0.465 e. The predicted octanol–water partition coefficient (Wildman–Crippen LogP) is 15.9. The van der Waals surface area contributed by atoms with Crippen molar-refractivity contribution in [2.75, 3.05) is 19.7 Å². The van der Waals surface area contributed by atoms with Gasteiger partial charge in [-0.05, 0) is 111 Å². The number of rotatable bonds is 45. The van der Waals surface area contributed by atoms with Gasteiger partial charge in [-0.2, -0.15) is 0 Å². The summed E-state index contributed by atoms with van der Waals surface area (Å²) in [6, 6.07) is -0.453. The first-order valence-electron chi connectivity index (χ1n) is 28.4. The van der Waals surface area contributed by atoms with Crippen molar-refractivity contribution >= 4 is 23.9 Å². The van der Waals surface area contributed by atoms with Crippen molar-refractivity contribution in [1.82, 2.24) is 4.90 Å². The highest BCUT2D eigenvalue weighted by molar-refractivity contribution is 5.81. The Bertz CT molecular complexity index is 1280. The van der Waals surface area contributed by atoms with Gasteiger partial charge in [-0.15, -0.1) is 0 Å². The maximum Gasteiger partial charge on any atom is 0.330 e. The molecule has 0 saturated carbocycles. The number of likely N-dealkylation sites (tertiary alicyclic amines) is 1. The van der Waals surface area contributed by atoms with E-state index in [0.29, 0.717) is 26.1 Å². The van der Waals surface area contributed by atoms with E-state index in [1.807, 2.05) is 27.7 Å². The summed E-state index contributed by atoms with van der Waals surface area (Å²) in [6.07, 6.45) is 38.5. The molecule has 1 rings (SSSR count). The van der Waals surface area contributed by atoms with Gasteiger partial charge in [0, 0.05) is 19.0 Å². The quantitative estimate of drug-likeness (QED) is 0.0255. The lowest BCUT2D eigenvalue weighted by Gasteiger charge is -2.27. The van der Waals surface area contributed by atoms with Crippen LogP contribution < -0.4 is 0 Å². The first kappa shape index (κ1) is 62.6. The van der Waals surface area contributed by atoms with Crippen LogP contribution in [0, 0.1) is 10.8 Å². The lowest BCUT2D eigenvalue weighted by molar-refractivity contribution is -0.161. The second kappa shape index (κ2) is 39.3. The maximum absolute atomic E-state index is 13.4. The Labute approximate surface area is 413 Å². The second-order valence-corrected chi connectivity index (χ2v) is 21.6. The highest BCUT2D eigenvalue weighted by Gasteiger charge is 2.39. The van der Waals surface area contributed by atoms with Crippen LogP contribution in [-0.4, -0.2) is 72.8 Å². The zero-order valence-electron chi connectivity index (χ0n) is 45.2. The highest BCUT2D eigenvalue weighted by Crippen LogP contribution is 2.30. The number of ether oxygens (including phenoxy) is 4. The zero-order valence-corrected chi connectivity index (χ0v) is 45.2. The molecule has 1 saturated heterocycles. The Morgan fingerprint density at radius 3 is 1.34 bits per heavy atom. The molecule has 1 aliphatic heterocycles. The molecule has 392 valence electrons. The van der Waals surface area contributed by atoms with Crippen molar-refractivity contribution in [3.05, 3.63) is 12.7 Å². The monoisotopic (exact) mass is 946 g/mol. The molecule has 0 bridgehead atoms. The van der Waals surface area contributed by atoms with Crippen molar-refractivity contribution in [3.8, 4) is 0 Å². The van der Waals surface area contributed by atoms with Crippen LogP contribution in [0.3, 0.4) is 0 Å². The molecule has 1 heterocycles. The normalized spacial score (nSPS) is 16.4. The number of hydrogen-bond donors (Lipinski definition) is 0. The summed E-state index contributed by atoms with van der Waals surface area (Å²) in [6.45, 7) is 22.1. The van der Waals surface area contributed by atoms with Crippen LogP contribution in [0.4, 0.5) is 0 Å². The third-order valence-electron chi connectivity index (χ3n) is 14.2. The minimum atomic E-state index is -0.527. The van der Waals surface area contributed by atoms with E-state index in [2.05, 4.69) is 39.2 Å². The smallest absolute Gasteiger partial charge is 0.330 e. The molecule has 0 radical (unpaired) electrons. The number of nitrogens with zero attached hydrogens (tertiary/aromatic N) is 1. The second-order valence-electron chi connectivity index (χ2n) is 21.6. The molecule has 1 aliphatic rings. The number of unbranched alkanes of at least 4 members (excludes halogenated alkanes) is 22. The van der Waals surface area contributed by atoms with E-state index >= 15 is 0 Å². The van der Waals surface area contributed by atoms with Crippen molar-refractivity contribution in [1.29, 1.82) is 0 Å². The average molecular weight is 946 g/mol. The Morgan fingerprint density at radius 1 is 0.537 bits per heavy atom. The summed E-state index contributed by atoms with van der Waals surface area (Å²) in [5.74, 6) is -0.861. The molecular weight excluding hydrogens is 839 g/mol. The maximum atomic E-state index is 13.4. The molecule has 9 heteroatoms. The van der Waals surface area contributed by atoms with E-state index in [0.717, 1.165) is 116 Å². The molecular formula is C58H107NO8. The summed E-state index contributed by atoms with van der Waals surface area (Å²) < 4.78 is 23.8. The van der Waals surface area contributed by atoms with Crippen LogP contribution in [0.15, 0.2) is 12.7 Å². The zero-order chi connectivity index (χ0) is 49.6. The van der Waals surface area contributed by atoms with Gasteiger partial charge >= 0.3 is 23.9 Å². The summed E-state index contributed by atoms with van der Waals surface area (Å²) in [7, 11) is 0. The standard InChI is InChI=1S/C58H107NO8/c1-10-15-19-23-25-33-41-49(39-31-21-17-12-3)66-55(62)57(6,7)43-35-27-29-37-45-59-48-51(65-53(60)14-5)47-52(59)54(61)64-46-38-30-28-36-44-58(8,9)56(63)67-50(40-32-22-18-13-4)42-34-26-24-20-16-11-2/h14,49-52H,5,10-13,15-48H2,1-4,6-9H3/t49?,50?,51-,52-/m0/s1. The molecule has 0 aliphatic carbocycles. The SMILES string of the molecule is C=CC(=O)O[C@H]1C[C@@H](C(=O)OCCCCCCC(C)(C)C(=O)OC(CCCCCC)CCCCCCCC)N(CCCCCCC(C)(C)C(=O)OC(CCCCCC)CCCCCCCC)C1. The van der Waals surface area contributed by atoms with Crippen LogP contribution in [0.1, 0.15) is 280 Å². The molecule has 67 heavy (non-hydrogen) atoms. The van der Waals surface area contributed by atoms with Gasteiger partial charge in [0.2, 0.25) is 0 Å². The lowest BCUT2D eigenvalue weighted by Crippen LogP contribution is -2.38. The van der Waals surface area contributed by atoms with E-state index < -0.39 is 22.8 Å². The lowest BCUT2D eigenvalue weighted by atomic mass is 9.86. The minimum absolute atomic E-state index is 0.0216. The first-order valence-corrected chi connectivity index (χ1v) is 28.4. The van der Waals surface area contributed by atoms with Crippen molar-refractivity contribution in [2.45, 2.75) is 304 Å². The fraction of sp³-hybridized carbons (Fsp3) is 0.897. The highest BCUT2D eigenvalue weighted by atomic mass is 16.6. The third kappa shape index (κ3) is 30.7. The van der Waals surface area contributed by atoms with Crippen LogP contribution in [0.25, 0.3) is 0 Å². The van der Waals surface area contributed by atoms with Gasteiger partial charge in [-0.25, -0.2) is 4.79 Å². The van der Waals surface area contributed by atoms with E-state index in [1.165, 1.54) is 109 Å². The molecule has 0 spiro atoms. The summed E-state index contributed by atoms with van der Waals surface area (Å²) in [5.41, 5.74) is -1.05. The number of esters is 4. The number of carbonyl (C=O) groups is 4. The Morgan fingerprint density at radius 2 is 0.910 bits per heavy atom. The summed E-state index contributed by atoms with van der Waals surface area (Å²) >= 11 is 0. The van der Waals surface area contributed by atoms with Crippen molar-refractivity contribution in [2.24, 2.45) is 10.8 Å². The third-order valence-corrected chi connectivity index (χ3v) is 14.2. The van der Waals surface area contributed by atoms with Crippen LogP contribution in [0.2, 0.25) is 0 Å². The molecule has 0 amide bonds. The molecule has 0 aromatic heterocycles. The van der Waals surface area contributed by atoms with Gasteiger partial charge in [-0.3, -0.25) is 19.3 Å². The number of hydrogen-bond acceptors (Lipinski definition) is 9. The molecule has 2 unspecified atom stereocenters. The average Bonchev–Trinajstić information content (AvgIpc) is 3.71. The first-order chi connectivity index (χ1) is 32.2. The Hall–Kier alpha value is -2.42. The molecule has 9 nitrogen and oxygen atoms in total. The fourth-order valence-corrected chi connectivity index (χ4v) is 9.43. The van der Waals surface area contributed by atoms with Crippen LogP contribution in [0.5, 0.6) is 0 Å². The van der Waals surface area contributed by atoms with Gasteiger partial charge < -0.3 is 18.9 Å². The van der Waals surface area contributed by atoms with E-state index in [4.69, 9.17) is 18.9 Å². The van der Waals surface area contributed by atoms with Crippen molar-refractivity contribution < 1.29 is 38.1 Å². The molecule has 0 N–H and O–H groups in total. The van der Waals surface area contributed by atoms with Crippen molar-refractivity contribution in [3.63, 3.8) is 0 Å². The summed E-state index contributed by atoms with van der Waals surface area (Å²) in [5, 5.41) is 0. The summed E-state index contributed by atoms with van der Waals surface area (Å²) in [4.78, 5) is 54.4. The fourth-order valence-electron chi connectivity index (χ4n) is 9.43. The van der Waals surface area contributed by atoms with E-state index in [9.17, 15) is 19.2 Å². The topological polar surface area (TPSA) is 108 Å². The van der Waals surface area contributed by atoms with Gasteiger partial charge in [-0.1, -0.05) is 176 Å². The molecule has 0 aromatic carbocycles. The van der Waals surface area contributed by atoms with Crippen LogP contribution >= 0.6 is 0 Å². The predicted molar refractivity (Wildman–Crippen MR) is 278 cm³/mol. The molecule has 4 atom stereocenters. The van der Waals surface area contributed by atoms with Gasteiger partial charge in [0.05, 0.1) is 17.4 Å². The van der Waals surface area contributed by atoms with Gasteiger partial charge in [0.15, 0.2) is 0 Å².